The Hall–Kier alpha value is -9.57. The highest BCUT2D eigenvalue weighted by molar-refractivity contribution is 6.07. The minimum atomic E-state index is -1.14. The summed E-state index contributed by atoms with van der Waals surface area (Å²) < 4.78 is 72.9. The Balaban J connectivity index is 0.000000198. The van der Waals surface area contributed by atoms with Gasteiger partial charge in [0.05, 0.1) is 11.0 Å². The van der Waals surface area contributed by atoms with Gasteiger partial charge in [0.25, 0.3) is 11.8 Å². The first kappa shape index (κ1) is 56.2. The van der Waals surface area contributed by atoms with E-state index >= 15 is 0 Å². The number of fused-ring (bicyclic) bond motifs is 4. The Kier molecular flexibility index (Phi) is 16.0. The summed E-state index contributed by atoms with van der Waals surface area (Å²) in [6.45, 7) is 8.82. The van der Waals surface area contributed by atoms with E-state index in [0.29, 0.717) is 59.1 Å². The molecule has 10 rings (SSSR count). The zero-order valence-corrected chi connectivity index (χ0v) is 44.5. The number of nitrogens with one attached hydrogen (secondary N) is 1. The van der Waals surface area contributed by atoms with Crippen molar-refractivity contribution in [1.29, 1.82) is 0 Å². The Morgan fingerprint density at radius 3 is 1.33 bits per heavy atom. The number of amides is 3. The van der Waals surface area contributed by atoms with Crippen LogP contribution in [0.5, 0.6) is 0 Å². The molecular formula is C59H54F4N10O8. The molecule has 2 aliphatic heterocycles. The van der Waals surface area contributed by atoms with Gasteiger partial charge >= 0.3 is 18.0 Å². The van der Waals surface area contributed by atoms with Gasteiger partial charge in [-0.25, -0.2) is 47.1 Å². The van der Waals surface area contributed by atoms with Gasteiger partial charge in [-0.2, -0.15) is 0 Å². The molecule has 0 radical (unpaired) electrons. The van der Waals surface area contributed by atoms with Gasteiger partial charge in [0.2, 0.25) is 11.9 Å². The van der Waals surface area contributed by atoms with Crippen molar-refractivity contribution in [2.45, 2.75) is 91.7 Å². The zero-order valence-electron chi connectivity index (χ0n) is 44.5. The lowest BCUT2D eigenvalue weighted by Crippen LogP contribution is -2.42. The number of halogens is 4. The van der Waals surface area contributed by atoms with Crippen molar-refractivity contribution in [2.24, 2.45) is 5.73 Å². The van der Waals surface area contributed by atoms with Crippen LogP contribution in [0.15, 0.2) is 109 Å². The Bertz CT molecular complexity index is 3790. The molecule has 4 heterocycles. The zero-order chi connectivity index (χ0) is 58.0. The van der Waals surface area contributed by atoms with E-state index < -0.39 is 65.6 Å². The summed E-state index contributed by atoms with van der Waals surface area (Å²) in [6.07, 6.45) is -0.808. The maximum absolute atomic E-state index is 14.5. The minimum absolute atomic E-state index is 0.0587. The molecule has 8 aromatic rings. The van der Waals surface area contributed by atoms with E-state index in [1.807, 2.05) is 48.5 Å². The van der Waals surface area contributed by atoms with E-state index in [1.54, 1.807) is 67.0 Å². The molecule has 0 unspecified atom stereocenters. The third kappa shape index (κ3) is 12.7. The molecule has 0 saturated carbocycles. The van der Waals surface area contributed by atoms with Gasteiger partial charge in [0.15, 0.2) is 23.3 Å². The van der Waals surface area contributed by atoms with Crippen molar-refractivity contribution >= 4 is 63.5 Å². The van der Waals surface area contributed by atoms with E-state index in [1.165, 1.54) is 13.8 Å². The lowest BCUT2D eigenvalue weighted by atomic mass is 9.97. The second kappa shape index (κ2) is 23.0. The largest absolute Gasteiger partial charge is 0.460 e. The molecule has 0 aliphatic carbocycles. The number of carbonyl (C=O) groups excluding carboxylic acids is 5. The molecule has 2 aromatic heterocycles. The smallest absolute Gasteiger partial charge is 0.408 e. The number of benzene rings is 6. The SMILES string of the molecule is C[C@H](N)C(=O)OCc1cc(F)c(F)cc1-c1ccc2nc(N)nc(C(=O)N3Cc4ccccc4C3)c2c1.C[C@H](NC(=O)OC(C)(C)C)C(=O)OCc1cc(F)c(F)cc1-c1ccc2nc(N)nc(C(=O)N3Cc4ccccc4C3)c2c1. The molecule has 81 heavy (non-hydrogen) atoms. The molecule has 0 bridgehead atoms. The van der Waals surface area contributed by atoms with E-state index in [0.717, 1.165) is 46.5 Å². The molecule has 18 nitrogen and oxygen atoms in total. The fourth-order valence-electron chi connectivity index (χ4n) is 9.26. The van der Waals surface area contributed by atoms with Gasteiger partial charge in [-0.1, -0.05) is 60.7 Å². The summed E-state index contributed by atoms with van der Waals surface area (Å²) >= 11 is 0. The third-order valence-electron chi connectivity index (χ3n) is 13.2. The molecule has 7 N–H and O–H groups in total. The van der Waals surface area contributed by atoms with Crippen LogP contribution < -0.4 is 22.5 Å². The highest BCUT2D eigenvalue weighted by Gasteiger charge is 2.30. The van der Waals surface area contributed by atoms with Crippen molar-refractivity contribution in [3.63, 3.8) is 0 Å². The average molecular weight is 1110 g/mol. The van der Waals surface area contributed by atoms with Gasteiger partial charge in [-0.3, -0.25) is 14.4 Å². The molecule has 3 amide bonds. The third-order valence-corrected chi connectivity index (χ3v) is 13.2. The maximum atomic E-state index is 14.5. The number of aromatic nitrogens is 4. The fourth-order valence-corrected chi connectivity index (χ4v) is 9.26. The molecule has 6 aromatic carbocycles. The lowest BCUT2D eigenvalue weighted by Gasteiger charge is -2.21. The van der Waals surface area contributed by atoms with Gasteiger partial charge in [-0.15, -0.1) is 0 Å². The number of esters is 2. The van der Waals surface area contributed by atoms with Crippen molar-refractivity contribution in [3.05, 3.63) is 177 Å². The monoisotopic (exact) mass is 1110 g/mol. The van der Waals surface area contributed by atoms with Gasteiger partial charge in [-0.05, 0) is 128 Å². The van der Waals surface area contributed by atoms with Crippen LogP contribution in [0.4, 0.5) is 34.3 Å². The summed E-state index contributed by atoms with van der Waals surface area (Å²) in [4.78, 5) is 84.0. The molecule has 0 saturated heterocycles. The first-order valence-electron chi connectivity index (χ1n) is 25.4. The number of nitrogens with zero attached hydrogens (tertiary/aromatic N) is 6. The fraction of sp³-hybridized carbons (Fsp3) is 0.237. The van der Waals surface area contributed by atoms with E-state index in [9.17, 15) is 41.5 Å². The summed E-state index contributed by atoms with van der Waals surface area (Å²) in [5, 5.41) is 3.14. The van der Waals surface area contributed by atoms with Gasteiger partial charge < -0.3 is 46.5 Å². The summed E-state index contributed by atoms with van der Waals surface area (Å²) in [5.74, 6) is -6.74. The first-order chi connectivity index (χ1) is 38.5. The number of carbonyl (C=O) groups is 5. The average Bonchev–Trinajstić information content (AvgIpc) is 4.29. The number of alkyl carbamates (subject to hydrolysis) is 1. The van der Waals surface area contributed by atoms with Crippen molar-refractivity contribution in [3.8, 4) is 22.3 Å². The van der Waals surface area contributed by atoms with E-state index in [4.69, 9.17) is 31.4 Å². The predicted octanol–water partition coefficient (Wildman–Crippen LogP) is 8.97. The second-order valence-corrected chi connectivity index (χ2v) is 20.4. The summed E-state index contributed by atoms with van der Waals surface area (Å²) in [7, 11) is 0. The molecule has 416 valence electrons. The van der Waals surface area contributed by atoms with Crippen molar-refractivity contribution in [2.75, 3.05) is 11.5 Å². The second-order valence-electron chi connectivity index (χ2n) is 20.4. The lowest BCUT2D eigenvalue weighted by molar-refractivity contribution is -0.147. The number of ether oxygens (including phenoxy) is 3. The Morgan fingerprint density at radius 1 is 0.568 bits per heavy atom. The quantitative estimate of drug-likeness (QED) is 0.0535. The number of hydrogen-bond donors (Lipinski definition) is 4. The van der Waals surface area contributed by atoms with Crippen LogP contribution in [0, 0.1) is 23.3 Å². The molecule has 0 spiro atoms. The van der Waals surface area contributed by atoms with Crippen LogP contribution in [0.1, 0.15) is 89.0 Å². The van der Waals surface area contributed by atoms with E-state index in [-0.39, 0.29) is 64.0 Å². The predicted molar refractivity (Wildman–Crippen MR) is 291 cm³/mol. The number of hydrogen-bond acceptors (Lipinski definition) is 15. The van der Waals surface area contributed by atoms with Crippen LogP contribution in [-0.4, -0.2) is 77.3 Å². The van der Waals surface area contributed by atoms with Gasteiger partial charge in [0.1, 0.15) is 42.3 Å². The topological polar surface area (TPSA) is 261 Å². The number of rotatable bonds is 11. The van der Waals surface area contributed by atoms with Crippen LogP contribution >= 0.6 is 0 Å². The molecule has 22 heteroatoms. The first-order valence-corrected chi connectivity index (χ1v) is 25.4. The normalized spacial score (nSPS) is 13.4. The van der Waals surface area contributed by atoms with Crippen molar-refractivity contribution < 1.29 is 55.7 Å². The molecular weight excluding hydrogens is 1050 g/mol. The Labute approximate surface area is 461 Å². The number of nitrogens with two attached hydrogens (primary N) is 3. The van der Waals surface area contributed by atoms with E-state index in [2.05, 4.69) is 25.3 Å². The van der Waals surface area contributed by atoms with Crippen LogP contribution in [0.25, 0.3) is 44.1 Å². The van der Waals surface area contributed by atoms with Crippen LogP contribution in [0.2, 0.25) is 0 Å². The van der Waals surface area contributed by atoms with Crippen LogP contribution in [0.3, 0.4) is 0 Å². The summed E-state index contributed by atoms with van der Waals surface area (Å²) in [5.41, 5.74) is 23.5. The summed E-state index contributed by atoms with van der Waals surface area (Å²) in [6, 6.07) is 27.1. The highest BCUT2D eigenvalue weighted by Crippen LogP contribution is 2.35. The highest BCUT2D eigenvalue weighted by atomic mass is 19.2. The molecule has 0 fully saturated rings. The Morgan fingerprint density at radius 2 is 0.951 bits per heavy atom. The van der Waals surface area contributed by atoms with Crippen LogP contribution in [-0.2, 0) is 63.2 Å². The van der Waals surface area contributed by atoms with Gasteiger partial charge in [0, 0.05) is 48.1 Å². The number of anilines is 2. The number of nitrogen functional groups attached to an aromatic ring is 2. The van der Waals surface area contributed by atoms with Crippen molar-refractivity contribution in [1.82, 2.24) is 35.1 Å². The maximum Gasteiger partial charge on any atom is 0.408 e. The standard InChI is InChI=1S/C32H31F2N5O5.C27H23F2N5O3/c1-17(36-31(42)44-32(2,3)4)29(41)43-16-21-12-24(33)25(34)13-22(21)18-9-10-26-23(11-18)27(38-30(35)37-26)28(40)39-14-19-7-5-6-8-20(19)15-39;1-14(30)26(36)37-13-18-9-21(28)22(29)10-19(18)15-6-7-23-20(8-15)24(33-27(31)32-23)25(35)34-11-16-4-2-3-5-17(16)12-34/h5-13,17H,14-16H2,1-4H3,(H,36,42)(H2,35,37,38);2-10,14H,11-13,30H2,1H3,(H2,31,32,33)/t17-;14-/m00/s1. The minimum Gasteiger partial charge on any atom is -0.460 e. The molecule has 2 aliphatic rings. The molecule has 2 atom stereocenters.